The summed E-state index contributed by atoms with van der Waals surface area (Å²) in [6.07, 6.45) is 0.261. The number of rotatable bonds is 5. The highest BCUT2D eigenvalue weighted by Crippen LogP contribution is 1.82. The summed E-state index contributed by atoms with van der Waals surface area (Å²) in [5, 5.41) is 6.59. The van der Waals surface area contributed by atoms with Crippen molar-refractivity contribution in [2.45, 2.75) is 6.42 Å². The molecule has 11 heavy (non-hydrogen) atoms. The van der Waals surface area contributed by atoms with E-state index in [0.717, 1.165) is 5.33 Å². The van der Waals surface area contributed by atoms with Crippen molar-refractivity contribution in [1.29, 1.82) is 0 Å². The molecule has 0 aromatic carbocycles. The van der Waals surface area contributed by atoms with Crippen LogP contribution in [0.25, 0.3) is 10.4 Å². The minimum Gasteiger partial charge on any atom is -0.355 e. The van der Waals surface area contributed by atoms with Crippen molar-refractivity contribution in [3.63, 3.8) is 0 Å². The fourth-order valence-corrected chi connectivity index (χ4v) is 0.670. The zero-order chi connectivity index (χ0) is 8.53. The number of hydrogen-bond acceptors (Lipinski definition) is 2. The van der Waals surface area contributed by atoms with E-state index < -0.39 is 0 Å². The summed E-state index contributed by atoms with van der Waals surface area (Å²) < 4.78 is 0. The van der Waals surface area contributed by atoms with Crippen LogP contribution in [0.2, 0.25) is 0 Å². The molecule has 0 aromatic heterocycles. The second-order valence-corrected chi connectivity index (χ2v) is 2.54. The van der Waals surface area contributed by atoms with Gasteiger partial charge < -0.3 is 5.32 Å². The van der Waals surface area contributed by atoms with Crippen molar-refractivity contribution in [3.8, 4) is 0 Å². The van der Waals surface area contributed by atoms with Crippen LogP contribution in [0, 0.1) is 0 Å². The molecule has 6 heteroatoms. The van der Waals surface area contributed by atoms with Crippen LogP contribution in [0.4, 0.5) is 0 Å². The molecule has 0 rings (SSSR count). The average molecular weight is 221 g/mol. The van der Waals surface area contributed by atoms with E-state index in [-0.39, 0.29) is 18.9 Å². The highest BCUT2D eigenvalue weighted by atomic mass is 79.9. The number of alkyl halides is 1. The zero-order valence-corrected chi connectivity index (χ0v) is 7.54. The Morgan fingerprint density at radius 1 is 1.73 bits per heavy atom. The van der Waals surface area contributed by atoms with Gasteiger partial charge in [0.2, 0.25) is 5.91 Å². The molecule has 0 heterocycles. The van der Waals surface area contributed by atoms with Gasteiger partial charge in [-0.15, -0.1) is 0 Å². The Labute approximate surface area is 72.9 Å². The summed E-state index contributed by atoms with van der Waals surface area (Å²) in [6.45, 7) is 0.833. The number of halogens is 1. The van der Waals surface area contributed by atoms with Gasteiger partial charge in [-0.05, 0) is 5.53 Å². The number of carbonyl (C=O) groups excluding carboxylic acids is 1. The monoisotopic (exact) mass is 220 g/mol. The molecule has 0 aliphatic carbocycles. The van der Waals surface area contributed by atoms with Gasteiger partial charge in [-0.1, -0.05) is 21.0 Å². The van der Waals surface area contributed by atoms with Crippen LogP contribution in [0.5, 0.6) is 0 Å². The first-order valence-corrected chi connectivity index (χ1v) is 4.27. The molecule has 0 radical (unpaired) electrons. The maximum absolute atomic E-state index is 10.8. The summed E-state index contributed by atoms with van der Waals surface area (Å²) in [7, 11) is 0. The summed E-state index contributed by atoms with van der Waals surface area (Å²) in [5.74, 6) is -0.0862. The lowest BCUT2D eigenvalue weighted by Gasteiger charge is -1.98. The predicted molar refractivity (Wildman–Crippen MR) is 45.4 cm³/mol. The van der Waals surface area contributed by atoms with Crippen molar-refractivity contribution >= 4 is 21.8 Å². The minimum atomic E-state index is -0.0862. The van der Waals surface area contributed by atoms with E-state index in [1.165, 1.54) is 0 Å². The Hall–Kier alpha value is -0.740. The van der Waals surface area contributed by atoms with Gasteiger partial charge in [-0.3, -0.25) is 4.79 Å². The molecule has 0 unspecified atom stereocenters. The lowest BCUT2D eigenvalue weighted by atomic mass is 10.4. The first-order chi connectivity index (χ1) is 5.31. The lowest BCUT2D eigenvalue weighted by Crippen LogP contribution is -2.25. The average Bonchev–Trinajstić information content (AvgIpc) is 2.01. The highest BCUT2D eigenvalue weighted by Gasteiger charge is 1.96. The van der Waals surface area contributed by atoms with Crippen LogP contribution < -0.4 is 5.32 Å². The number of hydrogen-bond donors (Lipinski definition) is 1. The number of carbonyl (C=O) groups is 1. The summed E-state index contributed by atoms with van der Waals surface area (Å²) >= 11 is 3.16. The molecule has 0 aromatic rings. The van der Waals surface area contributed by atoms with E-state index in [2.05, 4.69) is 31.3 Å². The summed E-state index contributed by atoms with van der Waals surface area (Å²) in [6, 6.07) is 0. The van der Waals surface area contributed by atoms with Crippen LogP contribution in [0.3, 0.4) is 0 Å². The van der Waals surface area contributed by atoms with Crippen LogP contribution in [0.15, 0.2) is 5.11 Å². The summed E-state index contributed by atoms with van der Waals surface area (Å²) in [5.41, 5.74) is 7.87. The standard InChI is InChI=1S/C5H9BrN4O/c6-2-4-8-5(11)1-3-9-10-7/h1-4H2,(H,8,11). The van der Waals surface area contributed by atoms with Gasteiger partial charge in [-0.25, -0.2) is 0 Å². The molecule has 0 aliphatic heterocycles. The first-order valence-electron chi connectivity index (χ1n) is 3.14. The maximum Gasteiger partial charge on any atom is 0.220 e. The van der Waals surface area contributed by atoms with Gasteiger partial charge in [0.25, 0.3) is 0 Å². The fourth-order valence-electron chi connectivity index (χ4n) is 0.471. The number of azide groups is 1. The van der Waals surface area contributed by atoms with Gasteiger partial charge >= 0.3 is 0 Å². The quantitative estimate of drug-likeness (QED) is 0.322. The van der Waals surface area contributed by atoms with Crippen molar-refractivity contribution < 1.29 is 4.79 Å². The maximum atomic E-state index is 10.8. The van der Waals surface area contributed by atoms with Gasteiger partial charge in [0.1, 0.15) is 0 Å². The van der Waals surface area contributed by atoms with Crippen molar-refractivity contribution in [2.24, 2.45) is 5.11 Å². The van der Waals surface area contributed by atoms with E-state index in [0.29, 0.717) is 6.54 Å². The summed E-state index contributed by atoms with van der Waals surface area (Å²) in [4.78, 5) is 13.3. The normalized spacial score (nSPS) is 8.45. The molecule has 1 N–H and O–H groups in total. The third kappa shape index (κ3) is 7.15. The van der Waals surface area contributed by atoms with E-state index in [9.17, 15) is 4.79 Å². The highest BCUT2D eigenvalue weighted by molar-refractivity contribution is 9.09. The van der Waals surface area contributed by atoms with Gasteiger partial charge in [0, 0.05) is 29.8 Å². The largest absolute Gasteiger partial charge is 0.355 e. The zero-order valence-electron chi connectivity index (χ0n) is 5.96. The van der Waals surface area contributed by atoms with E-state index in [1.807, 2.05) is 0 Å². The van der Waals surface area contributed by atoms with Gasteiger partial charge in [-0.2, -0.15) is 0 Å². The third-order valence-electron chi connectivity index (χ3n) is 0.919. The Bertz CT molecular complexity index is 166. The molecule has 0 saturated carbocycles. The first kappa shape index (κ1) is 10.3. The Balaban J connectivity index is 3.29. The predicted octanol–water partition coefficient (Wildman–Crippen LogP) is 1.20. The number of amides is 1. The molecular weight excluding hydrogens is 212 g/mol. The van der Waals surface area contributed by atoms with Crippen LogP contribution in [-0.2, 0) is 4.79 Å². The molecule has 0 bridgehead atoms. The Morgan fingerprint density at radius 2 is 2.45 bits per heavy atom. The van der Waals surface area contributed by atoms with Crippen LogP contribution in [-0.4, -0.2) is 24.3 Å². The minimum absolute atomic E-state index is 0.0862. The molecule has 0 atom stereocenters. The van der Waals surface area contributed by atoms with Gasteiger partial charge in [0.05, 0.1) is 0 Å². The molecule has 62 valence electrons. The Morgan fingerprint density at radius 3 is 3.00 bits per heavy atom. The van der Waals surface area contributed by atoms with Crippen molar-refractivity contribution in [3.05, 3.63) is 10.4 Å². The number of nitrogens with one attached hydrogen (secondary N) is 1. The van der Waals surface area contributed by atoms with Crippen molar-refractivity contribution in [1.82, 2.24) is 5.32 Å². The molecule has 1 amide bonds. The Kier molecular flexibility index (Phi) is 6.87. The van der Waals surface area contributed by atoms with Gasteiger partial charge in [0.15, 0.2) is 0 Å². The van der Waals surface area contributed by atoms with Crippen LogP contribution in [0.1, 0.15) is 6.42 Å². The molecule has 0 spiro atoms. The fraction of sp³-hybridized carbons (Fsp3) is 0.800. The van der Waals surface area contributed by atoms with Crippen LogP contribution >= 0.6 is 15.9 Å². The topological polar surface area (TPSA) is 77.9 Å². The van der Waals surface area contributed by atoms with Crippen molar-refractivity contribution in [2.75, 3.05) is 18.4 Å². The molecule has 5 nitrogen and oxygen atoms in total. The molecule has 0 aliphatic rings. The molecular formula is C5H9BrN4O. The van der Waals surface area contributed by atoms with E-state index in [4.69, 9.17) is 5.53 Å². The molecule has 0 saturated heterocycles. The third-order valence-corrected chi connectivity index (χ3v) is 1.32. The van der Waals surface area contributed by atoms with E-state index >= 15 is 0 Å². The number of nitrogens with zero attached hydrogens (tertiary/aromatic N) is 3. The smallest absolute Gasteiger partial charge is 0.220 e. The molecule has 0 fully saturated rings. The SMILES string of the molecule is [N-]=[N+]=NCCC(=O)NCCBr. The van der Waals surface area contributed by atoms with E-state index in [1.54, 1.807) is 0 Å². The lowest BCUT2D eigenvalue weighted by molar-refractivity contribution is -0.120. The second kappa shape index (κ2) is 7.37. The second-order valence-electron chi connectivity index (χ2n) is 1.74.